The molecule has 1 atom stereocenters. The molecular formula is C11H15N3O. The van der Waals surface area contributed by atoms with Gasteiger partial charge in [0.15, 0.2) is 0 Å². The highest BCUT2D eigenvalue weighted by molar-refractivity contribution is 5.22. The van der Waals surface area contributed by atoms with E-state index >= 15 is 0 Å². The Morgan fingerprint density at radius 2 is 2.00 bits per heavy atom. The van der Waals surface area contributed by atoms with Gasteiger partial charge in [0.05, 0.1) is 11.4 Å². The fraction of sp³-hybridized carbons (Fsp3) is 0.455. The van der Waals surface area contributed by atoms with Crippen LogP contribution in [-0.4, -0.2) is 14.9 Å². The molecule has 0 bridgehead atoms. The van der Waals surface area contributed by atoms with Crippen molar-refractivity contribution in [1.82, 2.24) is 14.9 Å². The molecule has 0 fully saturated rings. The fourth-order valence-corrected chi connectivity index (χ4v) is 1.54. The zero-order chi connectivity index (χ0) is 11.0. The molecule has 0 aliphatic carbocycles. The maximum atomic E-state index is 5.06. The first-order valence-electron chi connectivity index (χ1n) is 5.01. The molecule has 0 aliphatic heterocycles. The number of hydrogen-bond acceptors (Lipinski definition) is 3. The van der Waals surface area contributed by atoms with Gasteiger partial charge in [-0.15, -0.1) is 0 Å². The van der Waals surface area contributed by atoms with Crippen LogP contribution in [0.5, 0.6) is 0 Å². The van der Waals surface area contributed by atoms with Gasteiger partial charge in [-0.25, -0.2) is 0 Å². The quantitative estimate of drug-likeness (QED) is 0.754. The van der Waals surface area contributed by atoms with E-state index in [4.69, 9.17) is 4.52 Å². The van der Waals surface area contributed by atoms with Crippen LogP contribution in [0.3, 0.4) is 0 Å². The van der Waals surface area contributed by atoms with E-state index in [0.29, 0.717) is 0 Å². The fourth-order valence-electron chi connectivity index (χ4n) is 1.54. The Hall–Kier alpha value is -1.58. The van der Waals surface area contributed by atoms with Crippen molar-refractivity contribution in [2.45, 2.75) is 26.7 Å². The van der Waals surface area contributed by atoms with Crippen LogP contribution in [0.25, 0.3) is 0 Å². The predicted octanol–water partition coefficient (Wildman–Crippen LogP) is 2.18. The summed E-state index contributed by atoms with van der Waals surface area (Å²) in [6.07, 6.45) is 0. The molecule has 0 aromatic carbocycles. The van der Waals surface area contributed by atoms with Gasteiger partial charge in [-0.1, -0.05) is 12.1 Å². The standard InChI is InChI=1S/C11H15N3O/c1-7-5-10(12-14(7)4)9(3)11-6-8(2)15-13-11/h5-6,9H,1-4H3. The number of hydrogen-bond donors (Lipinski definition) is 0. The Morgan fingerprint density at radius 1 is 1.27 bits per heavy atom. The summed E-state index contributed by atoms with van der Waals surface area (Å²) in [7, 11) is 1.94. The molecule has 0 saturated heterocycles. The first-order chi connectivity index (χ1) is 7.08. The molecule has 1 unspecified atom stereocenters. The maximum absolute atomic E-state index is 5.06. The van der Waals surface area contributed by atoms with Gasteiger partial charge >= 0.3 is 0 Å². The minimum atomic E-state index is 0.183. The Kier molecular flexibility index (Phi) is 2.34. The third kappa shape index (κ3) is 1.79. The summed E-state index contributed by atoms with van der Waals surface area (Å²) in [6, 6.07) is 4.03. The van der Waals surface area contributed by atoms with Crippen LogP contribution in [0.4, 0.5) is 0 Å². The average Bonchev–Trinajstić information content (AvgIpc) is 2.74. The molecule has 2 aromatic heterocycles. The minimum Gasteiger partial charge on any atom is -0.361 e. The number of aryl methyl sites for hydroxylation is 3. The van der Waals surface area contributed by atoms with Crippen LogP contribution < -0.4 is 0 Å². The number of nitrogens with zero attached hydrogens (tertiary/aromatic N) is 3. The van der Waals surface area contributed by atoms with E-state index in [9.17, 15) is 0 Å². The molecule has 4 nitrogen and oxygen atoms in total. The van der Waals surface area contributed by atoms with Crippen molar-refractivity contribution < 1.29 is 4.52 Å². The van der Waals surface area contributed by atoms with Crippen molar-refractivity contribution >= 4 is 0 Å². The van der Waals surface area contributed by atoms with Crippen LogP contribution in [0, 0.1) is 13.8 Å². The van der Waals surface area contributed by atoms with Gasteiger partial charge in [0, 0.05) is 24.7 Å². The largest absolute Gasteiger partial charge is 0.361 e. The lowest BCUT2D eigenvalue weighted by Gasteiger charge is -2.02. The second-order valence-corrected chi connectivity index (χ2v) is 3.92. The highest BCUT2D eigenvalue weighted by Crippen LogP contribution is 2.22. The van der Waals surface area contributed by atoms with Crippen molar-refractivity contribution in [2.24, 2.45) is 7.05 Å². The zero-order valence-corrected chi connectivity index (χ0v) is 9.48. The van der Waals surface area contributed by atoms with E-state index in [-0.39, 0.29) is 5.92 Å². The SMILES string of the molecule is Cc1cc(C(C)c2cc(C)n(C)n2)no1. The average molecular weight is 205 g/mol. The van der Waals surface area contributed by atoms with Gasteiger partial charge in [-0.2, -0.15) is 5.10 Å². The minimum absolute atomic E-state index is 0.183. The zero-order valence-electron chi connectivity index (χ0n) is 9.48. The van der Waals surface area contributed by atoms with Crippen molar-refractivity contribution in [3.8, 4) is 0 Å². The predicted molar refractivity (Wildman–Crippen MR) is 56.7 cm³/mol. The summed E-state index contributed by atoms with van der Waals surface area (Å²) >= 11 is 0. The van der Waals surface area contributed by atoms with Crippen molar-refractivity contribution in [3.05, 3.63) is 35.0 Å². The topological polar surface area (TPSA) is 43.9 Å². The maximum Gasteiger partial charge on any atom is 0.133 e. The second kappa shape index (κ2) is 3.53. The molecule has 2 aromatic rings. The van der Waals surface area contributed by atoms with Gasteiger partial charge in [-0.05, 0) is 19.9 Å². The van der Waals surface area contributed by atoms with Crippen molar-refractivity contribution in [2.75, 3.05) is 0 Å². The summed E-state index contributed by atoms with van der Waals surface area (Å²) in [5.74, 6) is 1.02. The van der Waals surface area contributed by atoms with Gasteiger partial charge in [-0.3, -0.25) is 4.68 Å². The molecule has 15 heavy (non-hydrogen) atoms. The smallest absolute Gasteiger partial charge is 0.133 e. The Bertz CT molecular complexity index is 450. The number of aromatic nitrogens is 3. The lowest BCUT2D eigenvalue weighted by Crippen LogP contribution is -1.99. The summed E-state index contributed by atoms with van der Waals surface area (Å²) in [6.45, 7) is 6.02. The van der Waals surface area contributed by atoms with Crippen LogP contribution in [0.2, 0.25) is 0 Å². The second-order valence-electron chi connectivity index (χ2n) is 3.92. The van der Waals surface area contributed by atoms with E-state index < -0.39 is 0 Å². The van der Waals surface area contributed by atoms with E-state index in [2.05, 4.69) is 23.2 Å². The molecule has 2 rings (SSSR count). The summed E-state index contributed by atoms with van der Waals surface area (Å²) in [5, 5.41) is 8.44. The van der Waals surface area contributed by atoms with E-state index in [0.717, 1.165) is 22.8 Å². The summed E-state index contributed by atoms with van der Waals surface area (Å²) < 4.78 is 6.93. The number of rotatable bonds is 2. The highest BCUT2D eigenvalue weighted by atomic mass is 16.5. The van der Waals surface area contributed by atoms with Crippen LogP contribution >= 0.6 is 0 Å². The molecule has 0 radical (unpaired) electrons. The molecule has 0 spiro atoms. The van der Waals surface area contributed by atoms with Gasteiger partial charge in [0.25, 0.3) is 0 Å². The lowest BCUT2D eigenvalue weighted by molar-refractivity contribution is 0.388. The molecule has 4 heteroatoms. The molecule has 0 saturated carbocycles. The lowest BCUT2D eigenvalue weighted by atomic mass is 10.0. The van der Waals surface area contributed by atoms with Crippen LogP contribution in [-0.2, 0) is 7.05 Å². The van der Waals surface area contributed by atoms with Crippen molar-refractivity contribution in [1.29, 1.82) is 0 Å². The van der Waals surface area contributed by atoms with Crippen LogP contribution in [0.15, 0.2) is 16.7 Å². The Labute approximate surface area is 88.9 Å². The molecule has 2 heterocycles. The van der Waals surface area contributed by atoms with Crippen LogP contribution in [0.1, 0.15) is 35.7 Å². The molecule has 0 aliphatic rings. The van der Waals surface area contributed by atoms with E-state index in [1.807, 2.05) is 31.6 Å². The molecule has 0 N–H and O–H groups in total. The Balaban J connectivity index is 2.31. The third-order valence-electron chi connectivity index (χ3n) is 2.67. The normalized spacial score (nSPS) is 13.1. The molecular weight excluding hydrogens is 190 g/mol. The highest BCUT2D eigenvalue weighted by Gasteiger charge is 2.16. The van der Waals surface area contributed by atoms with Crippen molar-refractivity contribution in [3.63, 3.8) is 0 Å². The van der Waals surface area contributed by atoms with E-state index in [1.165, 1.54) is 0 Å². The molecule has 0 amide bonds. The summed E-state index contributed by atoms with van der Waals surface area (Å²) in [5.41, 5.74) is 3.12. The van der Waals surface area contributed by atoms with Gasteiger partial charge in [0.1, 0.15) is 5.76 Å². The first kappa shape index (κ1) is 9.96. The third-order valence-corrected chi connectivity index (χ3v) is 2.67. The van der Waals surface area contributed by atoms with E-state index in [1.54, 1.807) is 0 Å². The first-order valence-corrected chi connectivity index (χ1v) is 5.01. The summed E-state index contributed by atoms with van der Waals surface area (Å²) in [4.78, 5) is 0. The van der Waals surface area contributed by atoms with Gasteiger partial charge in [0.2, 0.25) is 0 Å². The van der Waals surface area contributed by atoms with Gasteiger partial charge < -0.3 is 4.52 Å². The monoisotopic (exact) mass is 205 g/mol. The Morgan fingerprint density at radius 3 is 2.47 bits per heavy atom. The molecule has 80 valence electrons.